The van der Waals surface area contributed by atoms with Gasteiger partial charge in [0, 0.05) is 18.7 Å². The zero-order valence-corrected chi connectivity index (χ0v) is 10.7. The zero-order chi connectivity index (χ0) is 12.6. The quantitative estimate of drug-likeness (QED) is 0.850. The van der Waals surface area contributed by atoms with E-state index in [-0.39, 0.29) is 5.91 Å². The van der Waals surface area contributed by atoms with Crippen LogP contribution in [0.4, 0.5) is 5.69 Å². The average Bonchev–Trinajstić information content (AvgIpc) is 2.69. The van der Waals surface area contributed by atoms with Crippen molar-refractivity contribution in [3.63, 3.8) is 0 Å². The summed E-state index contributed by atoms with van der Waals surface area (Å²) in [5.41, 5.74) is 2.16. The highest BCUT2D eigenvalue weighted by atomic mass is 16.3. The Bertz CT molecular complexity index is 446. The van der Waals surface area contributed by atoms with Crippen LogP contribution in [0.3, 0.4) is 0 Å². The second kappa shape index (κ2) is 4.15. The number of hydrogen-bond acceptors (Lipinski definition) is 2. The Morgan fingerprint density at radius 2 is 2.18 bits per heavy atom. The fourth-order valence-electron chi connectivity index (χ4n) is 2.46. The van der Waals surface area contributed by atoms with E-state index in [0.717, 1.165) is 29.8 Å². The normalized spacial score (nSPS) is 14.9. The van der Waals surface area contributed by atoms with Gasteiger partial charge in [0.05, 0.1) is 5.60 Å². The molecule has 17 heavy (non-hydrogen) atoms. The van der Waals surface area contributed by atoms with Crippen LogP contribution in [0.1, 0.15) is 38.3 Å². The number of benzene rings is 1. The van der Waals surface area contributed by atoms with Crippen molar-refractivity contribution in [2.45, 2.75) is 39.2 Å². The van der Waals surface area contributed by atoms with Gasteiger partial charge in [0.25, 0.3) is 0 Å². The number of fused-ring (bicyclic) bond motifs is 1. The summed E-state index contributed by atoms with van der Waals surface area (Å²) in [5, 5.41) is 10.1. The first-order valence-corrected chi connectivity index (χ1v) is 6.10. The first-order valence-electron chi connectivity index (χ1n) is 6.10. The van der Waals surface area contributed by atoms with E-state index in [1.807, 2.05) is 30.0 Å². The van der Waals surface area contributed by atoms with E-state index in [0.29, 0.717) is 6.42 Å². The Hall–Kier alpha value is -1.35. The summed E-state index contributed by atoms with van der Waals surface area (Å²) < 4.78 is 0. The van der Waals surface area contributed by atoms with Crippen molar-refractivity contribution in [2.75, 3.05) is 11.4 Å². The maximum absolute atomic E-state index is 11.8. The molecule has 0 bridgehead atoms. The van der Waals surface area contributed by atoms with Crippen LogP contribution in [0.15, 0.2) is 18.2 Å². The minimum Gasteiger partial charge on any atom is -0.386 e. The van der Waals surface area contributed by atoms with Gasteiger partial charge in [-0.1, -0.05) is 19.1 Å². The molecule has 2 rings (SSSR count). The smallest absolute Gasteiger partial charge is 0.226 e. The fraction of sp³-hybridized carbons (Fsp3) is 0.500. The SMILES string of the molecule is CCC(=O)N1CCc2c1cccc2C(C)(C)O. The van der Waals surface area contributed by atoms with Gasteiger partial charge in [0.2, 0.25) is 5.91 Å². The van der Waals surface area contributed by atoms with Crippen molar-refractivity contribution < 1.29 is 9.90 Å². The summed E-state index contributed by atoms with van der Waals surface area (Å²) in [4.78, 5) is 13.6. The molecule has 0 saturated heterocycles. The minimum atomic E-state index is -0.851. The second-order valence-electron chi connectivity index (χ2n) is 5.01. The lowest BCUT2D eigenvalue weighted by molar-refractivity contribution is -0.118. The summed E-state index contributed by atoms with van der Waals surface area (Å²) in [6, 6.07) is 5.82. The number of carbonyl (C=O) groups is 1. The number of hydrogen-bond donors (Lipinski definition) is 1. The number of nitrogens with zero attached hydrogens (tertiary/aromatic N) is 1. The van der Waals surface area contributed by atoms with Gasteiger partial charge in [-0.2, -0.15) is 0 Å². The third-order valence-electron chi connectivity index (χ3n) is 3.29. The van der Waals surface area contributed by atoms with Gasteiger partial charge in [-0.15, -0.1) is 0 Å². The van der Waals surface area contributed by atoms with Crippen molar-refractivity contribution in [2.24, 2.45) is 0 Å². The third kappa shape index (κ3) is 2.07. The monoisotopic (exact) mass is 233 g/mol. The van der Waals surface area contributed by atoms with Gasteiger partial charge >= 0.3 is 0 Å². The molecule has 0 aromatic heterocycles. The van der Waals surface area contributed by atoms with E-state index in [1.165, 1.54) is 0 Å². The van der Waals surface area contributed by atoms with Crippen LogP contribution in [0.5, 0.6) is 0 Å². The van der Waals surface area contributed by atoms with Crippen molar-refractivity contribution >= 4 is 11.6 Å². The predicted molar refractivity (Wildman–Crippen MR) is 68.0 cm³/mol. The van der Waals surface area contributed by atoms with Gasteiger partial charge in [0.15, 0.2) is 0 Å². The van der Waals surface area contributed by atoms with Crippen LogP contribution in [-0.2, 0) is 16.8 Å². The molecule has 0 fully saturated rings. The standard InChI is InChI=1S/C14H19NO2/c1-4-13(16)15-9-8-10-11(14(2,3)17)6-5-7-12(10)15/h5-7,17H,4,8-9H2,1-3H3. The highest BCUT2D eigenvalue weighted by Gasteiger charge is 2.29. The van der Waals surface area contributed by atoms with E-state index in [1.54, 1.807) is 13.8 Å². The molecule has 0 atom stereocenters. The molecule has 0 saturated carbocycles. The molecule has 0 spiro atoms. The van der Waals surface area contributed by atoms with E-state index >= 15 is 0 Å². The van der Waals surface area contributed by atoms with Crippen molar-refractivity contribution in [1.82, 2.24) is 0 Å². The molecule has 0 radical (unpaired) electrons. The van der Waals surface area contributed by atoms with Crippen LogP contribution in [0.25, 0.3) is 0 Å². The molecule has 1 aromatic carbocycles. The second-order valence-corrected chi connectivity index (χ2v) is 5.01. The summed E-state index contributed by atoms with van der Waals surface area (Å²) in [7, 11) is 0. The Morgan fingerprint density at radius 1 is 1.47 bits per heavy atom. The lowest BCUT2D eigenvalue weighted by Crippen LogP contribution is -2.27. The van der Waals surface area contributed by atoms with Gasteiger partial charge in [-0.3, -0.25) is 4.79 Å². The Labute approximate surface area is 102 Å². The topological polar surface area (TPSA) is 40.5 Å². The van der Waals surface area contributed by atoms with E-state index in [2.05, 4.69) is 0 Å². The van der Waals surface area contributed by atoms with Crippen molar-refractivity contribution in [3.8, 4) is 0 Å². The zero-order valence-electron chi connectivity index (χ0n) is 10.7. The number of carbonyl (C=O) groups excluding carboxylic acids is 1. The average molecular weight is 233 g/mol. The lowest BCUT2D eigenvalue weighted by Gasteiger charge is -2.22. The summed E-state index contributed by atoms with van der Waals surface area (Å²) in [6.07, 6.45) is 1.35. The number of aliphatic hydroxyl groups is 1. The van der Waals surface area contributed by atoms with E-state index < -0.39 is 5.60 Å². The number of anilines is 1. The van der Waals surface area contributed by atoms with Crippen LogP contribution in [0, 0.1) is 0 Å². The van der Waals surface area contributed by atoms with Crippen LogP contribution in [0.2, 0.25) is 0 Å². The third-order valence-corrected chi connectivity index (χ3v) is 3.29. The largest absolute Gasteiger partial charge is 0.386 e. The Balaban J connectivity index is 2.46. The Morgan fingerprint density at radius 3 is 2.76 bits per heavy atom. The molecular formula is C14H19NO2. The minimum absolute atomic E-state index is 0.150. The summed E-state index contributed by atoms with van der Waals surface area (Å²) in [5.74, 6) is 0.150. The maximum atomic E-state index is 11.8. The highest BCUT2D eigenvalue weighted by molar-refractivity contribution is 5.95. The fourth-order valence-corrected chi connectivity index (χ4v) is 2.46. The molecule has 0 aliphatic carbocycles. The van der Waals surface area contributed by atoms with Gasteiger partial charge in [-0.25, -0.2) is 0 Å². The molecule has 0 unspecified atom stereocenters. The van der Waals surface area contributed by atoms with Gasteiger partial charge < -0.3 is 10.0 Å². The Kier molecular flexibility index (Phi) is 2.96. The molecule has 1 aliphatic heterocycles. The molecular weight excluding hydrogens is 214 g/mol. The van der Waals surface area contributed by atoms with E-state index in [4.69, 9.17) is 0 Å². The van der Waals surface area contributed by atoms with Gasteiger partial charge in [-0.05, 0) is 37.5 Å². The highest BCUT2D eigenvalue weighted by Crippen LogP contribution is 2.35. The first-order chi connectivity index (χ1) is 7.95. The predicted octanol–water partition coefficient (Wildman–Crippen LogP) is 2.21. The van der Waals surface area contributed by atoms with Crippen molar-refractivity contribution in [1.29, 1.82) is 0 Å². The molecule has 3 heteroatoms. The molecule has 1 amide bonds. The summed E-state index contributed by atoms with van der Waals surface area (Å²) >= 11 is 0. The van der Waals surface area contributed by atoms with Crippen molar-refractivity contribution in [3.05, 3.63) is 29.3 Å². The maximum Gasteiger partial charge on any atom is 0.226 e. The number of amides is 1. The van der Waals surface area contributed by atoms with Crippen LogP contribution in [-0.4, -0.2) is 17.6 Å². The molecule has 1 aliphatic rings. The number of rotatable bonds is 2. The summed E-state index contributed by atoms with van der Waals surface area (Å²) in [6.45, 7) is 6.18. The van der Waals surface area contributed by atoms with E-state index in [9.17, 15) is 9.90 Å². The molecule has 3 nitrogen and oxygen atoms in total. The lowest BCUT2D eigenvalue weighted by atomic mass is 9.92. The van der Waals surface area contributed by atoms with Crippen LogP contribution >= 0.6 is 0 Å². The molecule has 92 valence electrons. The van der Waals surface area contributed by atoms with Crippen LogP contribution < -0.4 is 4.90 Å². The molecule has 1 heterocycles. The molecule has 1 aromatic rings. The molecule has 1 N–H and O–H groups in total. The van der Waals surface area contributed by atoms with Gasteiger partial charge in [0.1, 0.15) is 0 Å². The first kappa shape index (κ1) is 12.1.